The van der Waals surface area contributed by atoms with Crippen LogP contribution in [0, 0.1) is 6.92 Å². The maximum atomic E-state index is 12.4. The zero-order chi connectivity index (χ0) is 14.8. The highest BCUT2D eigenvalue weighted by Crippen LogP contribution is 2.31. The van der Waals surface area contributed by atoms with Gasteiger partial charge in [0, 0.05) is 6.04 Å². The largest absolute Gasteiger partial charge is 0.348 e. The summed E-state index contributed by atoms with van der Waals surface area (Å²) >= 11 is 3.15. The molecule has 0 bridgehead atoms. The van der Waals surface area contributed by atoms with Gasteiger partial charge in [-0.1, -0.05) is 6.07 Å². The van der Waals surface area contributed by atoms with Crippen LogP contribution in [0.25, 0.3) is 9.88 Å². The van der Waals surface area contributed by atoms with Crippen LogP contribution in [0.1, 0.15) is 28.2 Å². The van der Waals surface area contributed by atoms with Crippen LogP contribution in [0.5, 0.6) is 0 Å². The Morgan fingerprint density at radius 2 is 2.19 bits per heavy atom. The minimum atomic E-state index is 0.0300. The summed E-state index contributed by atoms with van der Waals surface area (Å²) in [5, 5.41) is 6.14. The predicted octanol–water partition coefficient (Wildman–Crippen LogP) is 3.00. The highest BCUT2D eigenvalue weighted by atomic mass is 32.1. The molecule has 1 fully saturated rings. The SMILES string of the molecule is Cc1nc(-c2cccs2)sc1C(=O)NC1CCN(C)CC1. The van der Waals surface area contributed by atoms with Crippen LogP contribution in [0.4, 0.5) is 0 Å². The Morgan fingerprint density at radius 1 is 1.43 bits per heavy atom. The molecule has 6 heteroatoms. The second kappa shape index (κ2) is 6.25. The topological polar surface area (TPSA) is 45.2 Å². The molecule has 0 radical (unpaired) electrons. The first-order valence-corrected chi connectivity index (χ1v) is 8.84. The minimum Gasteiger partial charge on any atom is -0.348 e. The van der Waals surface area contributed by atoms with Crippen molar-refractivity contribution in [1.29, 1.82) is 0 Å². The molecule has 3 heterocycles. The van der Waals surface area contributed by atoms with E-state index in [4.69, 9.17) is 0 Å². The van der Waals surface area contributed by atoms with Gasteiger partial charge < -0.3 is 10.2 Å². The molecule has 2 aromatic heterocycles. The Balaban J connectivity index is 1.70. The lowest BCUT2D eigenvalue weighted by Gasteiger charge is -2.29. The number of piperidine rings is 1. The summed E-state index contributed by atoms with van der Waals surface area (Å²) in [4.78, 5) is 21.2. The summed E-state index contributed by atoms with van der Waals surface area (Å²) in [5.41, 5.74) is 0.828. The van der Waals surface area contributed by atoms with Gasteiger partial charge in [-0.05, 0) is 51.3 Å². The van der Waals surface area contributed by atoms with Crippen molar-refractivity contribution in [1.82, 2.24) is 15.2 Å². The third-order valence-electron chi connectivity index (χ3n) is 3.79. The zero-order valence-corrected chi connectivity index (χ0v) is 13.9. The molecule has 1 aliphatic rings. The number of thiophene rings is 1. The molecule has 1 N–H and O–H groups in total. The number of hydrogen-bond acceptors (Lipinski definition) is 5. The van der Waals surface area contributed by atoms with E-state index >= 15 is 0 Å². The average Bonchev–Trinajstić information content (AvgIpc) is 3.10. The van der Waals surface area contributed by atoms with E-state index < -0.39 is 0 Å². The fourth-order valence-corrected chi connectivity index (χ4v) is 4.28. The van der Waals surface area contributed by atoms with Gasteiger partial charge in [-0.25, -0.2) is 4.98 Å². The maximum Gasteiger partial charge on any atom is 0.263 e. The number of nitrogens with one attached hydrogen (secondary N) is 1. The number of rotatable bonds is 3. The van der Waals surface area contributed by atoms with Gasteiger partial charge in [0.15, 0.2) is 0 Å². The molecule has 0 saturated carbocycles. The number of thiazole rings is 1. The molecule has 1 saturated heterocycles. The summed E-state index contributed by atoms with van der Waals surface area (Å²) in [6, 6.07) is 4.34. The van der Waals surface area contributed by atoms with Gasteiger partial charge in [0.05, 0.1) is 10.6 Å². The molecule has 0 spiro atoms. The van der Waals surface area contributed by atoms with Gasteiger partial charge >= 0.3 is 0 Å². The van der Waals surface area contributed by atoms with E-state index in [2.05, 4.69) is 22.2 Å². The number of carbonyl (C=O) groups excluding carboxylic acids is 1. The molecule has 2 aromatic rings. The van der Waals surface area contributed by atoms with Crippen LogP contribution in [-0.4, -0.2) is 42.0 Å². The molecule has 1 amide bonds. The number of hydrogen-bond donors (Lipinski definition) is 1. The van der Waals surface area contributed by atoms with Crippen molar-refractivity contribution in [2.45, 2.75) is 25.8 Å². The molecule has 3 rings (SSSR count). The Morgan fingerprint density at radius 3 is 2.86 bits per heavy atom. The predicted molar refractivity (Wildman–Crippen MR) is 88.1 cm³/mol. The van der Waals surface area contributed by atoms with E-state index in [0.29, 0.717) is 6.04 Å². The van der Waals surface area contributed by atoms with E-state index in [1.807, 2.05) is 24.4 Å². The van der Waals surface area contributed by atoms with E-state index in [1.165, 1.54) is 11.3 Å². The van der Waals surface area contributed by atoms with Crippen LogP contribution >= 0.6 is 22.7 Å². The molecule has 21 heavy (non-hydrogen) atoms. The van der Waals surface area contributed by atoms with E-state index in [1.54, 1.807) is 11.3 Å². The average molecular weight is 321 g/mol. The summed E-state index contributed by atoms with van der Waals surface area (Å²) in [6.07, 6.45) is 2.05. The van der Waals surface area contributed by atoms with Crippen LogP contribution in [0.15, 0.2) is 17.5 Å². The summed E-state index contributed by atoms with van der Waals surface area (Å²) in [6.45, 7) is 4.01. The smallest absolute Gasteiger partial charge is 0.263 e. The van der Waals surface area contributed by atoms with Gasteiger partial charge in [-0.2, -0.15) is 0 Å². The number of carbonyl (C=O) groups is 1. The van der Waals surface area contributed by atoms with Gasteiger partial charge in [-0.3, -0.25) is 4.79 Å². The second-order valence-corrected chi connectivity index (χ2v) is 7.41. The lowest BCUT2D eigenvalue weighted by Crippen LogP contribution is -2.43. The van der Waals surface area contributed by atoms with Crippen molar-refractivity contribution in [3.05, 3.63) is 28.1 Å². The fourth-order valence-electron chi connectivity index (χ4n) is 2.52. The standard InChI is InChI=1S/C15H19N3OS2/c1-10-13(21-15(16-10)12-4-3-9-20-12)14(19)17-11-5-7-18(2)8-6-11/h3-4,9,11H,5-8H2,1-2H3,(H,17,19). The number of likely N-dealkylation sites (tertiary alicyclic amines) is 1. The van der Waals surface area contributed by atoms with Crippen molar-refractivity contribution < 1.29 is 4.79 Å². The van der Waals surface area contributed by atoms with Crippen LogP contribution < -0.4 is 5.32 Å². The Labute approximate surface area is 132 Å². The molecule has 0 atom stereocenters. The van der Waals surface area contributed by atoms with Gasteiger partial charge in [0.1, 0.15) is 9.88 Å². The summed E-state index contributed by atoms with van der Waals surface area (Å²) < 4.78 is 0. The van der Waals surface area contributed by atoms with Crippen LogP contribution in [0.3, 0.4) is 0 Å². The molecular formula is C15H19N3OS2. The van der Waals surface area contributed by atoms with Crippen molar-refractivity contribution in [2.75, 3.05) is 20.1 Å². The Hall–Kier alpha value is -1.24. The number of amides is 1. The van der Waals surface area contributed by atoms with Crippen molar-refractivity contribution >= 4 is 28.6 Å². The number of aryl methyl sites for hydroxylation is 1. The van der Waals surface area contributed by atoms with Crippen molar-refractivity contribution in [2.24, 2.45) is 0 Å². The van der Waals surface area contributed by atoms with E-state index in [-0.39, 0.29) is 5.91 Å². The first kappa shape index (κ1) is 14.7. The number of aromatic nitrogens is 1. The molecule has 112 valence electrons. The Bertz CT molecular complexity index is 613. The first-order chi connectivity index (χ1) is 10.1. The minimum absolute atomic E-state index is 0.0300. The quantitative estimate of drug-likeness (QED) is 0.945. The van der Waals surface area contributed by atoms with E-state index in [9.17, 15) is 4.79 Å². The third kappa shape index (κ3) is 3.33. The third-order valence-corrected chi connectivity index (χ3v) is 5.98. The molecule has 0 aromatic carbocycles. The summed E-state index contributed by atoms with van der Waals surface area (Å²) in [7, 11) is 2.12. The second-order valence-electron chi connectivity index (χ2n) is 5.46. The molecular weight excluding hydrogens is 302 g/mol. The lowest BCUT2D eigenvalue weighted by atomic mass is 10.1. The first-order valence-electron chi connectivity index (χ1n) is 7.14. The van der Waals surface area contributed by atoms with Crippen molar-refractivity contribution in [3.8, 4) is 9.88 Å². The van der Waals surface area contributed by atoms with Crippen LogP contribution in [0.2, 0.25) is 0 Å². The molecule has 0 unspecified atom stereocenters. The maximum absolute atomic E-state index is 12.4. The highest BCUT2D eigenvalue weighted by molar-refractivity contribution is 7.22. The summed E-state index contributed by atoms with van der Waals surface area (Å²) in [5.74, 6) is 0.0300. The van der Waals surface area contributed by atoms with Gasteiger partial charge in [-0.15, -0.1) is 22.7 Å². The highest BCUT2D eigenvalue weighted by Gasteiger charge is 2.22. The zero-order valence-electron chi connectivity index (χ0n) is 12.3. The van der Waals surface area contributed by atoms with Crippen LogP contribution in [-0.2, 0) is 0 Å². The normalized spacial score (nSPS) is 17.0. The van der Waals surface area contributed by atoms with Gasteiger partial charge in [0.25, 0.3) is 5.91 Å². The van der Waals surface area contributed by atoms with Gasteiger partial charge in [0.2, 0.25) is 0 Å². The Kier molecular flexibility index (Phi) is 4.37. The number of nitrogens with zero attached hydrogens (tertiary/aromatic N) is 2. The monoisotopic (exact) mass is 321 g/mol. The lowest BCUT2D eigenvalue weighted by molar-refractivity contribution is 0.0920. The molecule has 4 nitrogen and oxygen atoms in total. The fraction of sp³-hybridized carbons (Fsp3) is 0.467. The molecule has 0 aliphatic carbocycles. The molecule has 1 aliphatic heterocycles. The van der Waals surface area contributed by atoms with E-state index in [0.717, 1.165) is 46.4 Å². The van der Waals surface area contributed by atoms with Crippen molar-refractivity contribution in [3.63, 3.8) is 0 Å².